The van der Waals surface area contributed by atoms with Crippen LogP contribution in [-0.2, 0) is 16.8 Å². The number of ketones is 1. The van der Waals surface area contributed by atoms with Crippen LogP contribution in [0.5, 0.6) is 0 Å². The van der Waals surface area contributed by atoms with Crippen LogP contribution in [0, 0.1) is 0 Å². The summed E-state index contributed by atoms with van der Waals surface area (Å²) in [4.78, 5) is 10.8. The van der Waals surface area contributed by atoms with Gasteiger partial charge in [-0.15, -0.1) is 0 Å². The summed E-state index contributed by atoms with van der Waals surface area (Å²) in [5.74, 6) is 0.270. The summed E-state index contributed by atoms with van der Waals surface area (Å²) in [7, 11) is 0. The quantitative estimate of drug-likeness (QED) is 0.780. The van der Waals surface area contributed by atoms with E-state index in [0.29, 0.717) is 6.42 Å². The third kappa shape index (κ3) is 5.46. The van der Waals surface area contributed by atoms with Gasteiger partial charge >= 0.3 is 0 Å². The molecule has 0 atom stereocenters. The van der Waals surface area contributed by atoms with E-state index in [1.54, 1.807) is 6.92 Å². The van der Waals surface area contributed by atoms with E-state index in [4.69, 9.17) is 0 Å². The Balaban J connectivity index is 2.33. The maximum absolute atomic E-state index is 10.8. The molecule has 1 rings (SSSR count). The van der Waals surface area contributed by atoms with Gasteiger partial charge in [0.1, 0.15) is 5.78 Å². The molecule has 1 aromatic carbocycles. The van der Waals surface area contributed by atoms with Gasteiger partial charge in [-0.3, -0.25) is 0 Å². The van der Waals surface area contributed by atoms with Crippen molar-refractivity contribution in [2.24, 2.45) is 0 Å². The number of nitrogens with one attached hydrogen (secondary N) is 1. The first-order chi connectivity index (χ1) is 8.39. The van der Waals surface area contributed by atoms with Crippen LogP contribution in [0.2, 0.25) is 0 Å². The number of carbonyl (C=O) groups is 1. The molecule has 0 saturated carbocycles. The third-order valence-corrected chi connectivity index (χ3v) is 3.03. The molecule has 0 radical (unpaired) electrons. The van der Waals surface area contributed by atoms with Crippen molar-refractivity contribution in [3.05, 3.63) is 35.4 Å². The summed E-state index contributed by atoms with van der Waals surface area (Å²) >= 11 is 0. The summed E-state index contributed by atoms with van der Waals surface area (Å²) in [5.41, 5.74) is 2.88. The second kappa shape index (κ2) is 6.69. The van der Waals surface area contributed by atoms with Gasteiger partial charge in [0.15, 0.2) is 0 Å². The average molecular weight is 247 g/mol. The Hall–Kier alpha value is -1.15. The summed E-state index contributed by atoms with van der Waals surface area (Å²) in [6.07, 6.45) is 1.60. The fourth-order valence-electron chi connectivity index (χ4n) is 1.82. The lowest BCUT2D eigenvalue weighted by Gasteiger charge is -2.19. The van der Waals surface area contributed by atoms with E-state index in [9.17, 15) is 4.79 Å². The number of hydrogen-bond acceptors (Lipinski definition) is 2. The predicted octanol–water partition coefficient (Wildman–Crippen LogP) is 3.44. The molecule has 0 bridgehead atoms. The highest BCUT2D eigenvalue weighted by Gasteiger charge is 2.12. The van der Waals surface area contributed by atoms with Crippen LogP contribution >= 0.6 is 0 Å². The topological polar surface area (TPSA) is 29.1 Å². The van der Waals surface area contributed by atoms with E-state index in [2.05, 4.69) is 50.4 Å². The minimum Gasteiger partial charge on any atom is -0.313 e. The Morgan fingerprint density at radius 1 is 1.17 bits per heavy atom. The standard InChI is InChI=1S/C16H25NO/c1-13(18)6-5-11-17-12-14-7-9-15(10-8-14)16(2,3)4/h7-10,17H,5-6,11-12H2,1-4H3. The molecule has 0 aliphatic carbocycles. The Kier molecular flexibility index (Phi) is 5.54. The lowest BCUT2D eigenvalue weighted by molar-refractivity contribution is -0.117. The van der Waals surface area contributed by atoms with Crippen molar-refractivity contribution in [1.82, 2.24) is 5.32 Å². The fraction of sp³-hybridized carbons (Fsp3) is 0.562. The Morgan fingerprint density at radius 3 is 2.28 bits per heavy atom. The Morgan fingerprint density at radius 2 is 1.78 bits per heavy atom. The van der Waals surface area contributed by atoms with Gasteiger partial charge < -0.3 is 10.1 Å². The molecule has 1 aromatic rings. The molecule has 0 aliphatic heterocycles. The van der Waals surface area contributed by atoms with Gasteiger partial charge in [-0.1, -0.05) is 45.0 Å². The van der Waals surface area contributed by atoms with E-state index in [1.165, 1.54) is 11.1 Å². The van der Waals surface area contributed by atoms with E-state index >= 15 is 0 Å². The van der Waals surface area contributed by atoms with E-state index < -0.39 is 0 Å². The molecule has 0 saturated heterocycles. The third-order valence-electron chi connectivity index (χ3n) is 3.03. The lowest BCUT2D eigenvalue weighted by Crippen LogP contribution is -2.16. The summed E-state index contributed by atoms with van der Waals surface area (Å²) in [6, 6.07) is 8.76. The Bertz CT molecular complexity index is 373. The molecule has 0 amide bonds. The zero-order valence-corrected chi connectivity index (χ0v) is 12.0. The van der Waals surface area contributed by atoms with Crippen molar-refractivity contribution >= 4 is 5.78 Å². The predicted molar refractivity (Wildman–Crippen MR) is 76.8 cm³/mol. The Labute approximate surface area is 111 Å². The molecule has 0 aliphatic rings. The highest BCUT2D eigenvalue weighted by Crippen LogP contribution is 2.22. The summed E-state index contributed by atoms with van der Waals surface area (Å²) < 4.78 is 0. The first-order valence-electron chi connectivity index (χ1n) is 6.69. The van der Waals surface area contributed by atoms with Gasteiger partial charge in [-0.25, -0.2) is 0 Å². The molecule has 2 nitrogen and oxygen atoms in total. The summed E-state index contributed by atoms with van der Waals surface area (Å²) in [5, 5.41) is 3.36. The maximum atomic E-state index is 10.8. The number of hydrogen-bond donors (Lipinski definition) is 1. The molecule has 0 aromatic heterocycles. The largest absolute Gasteiger partial charge is 0.313 e. The van der Waals surface area contributed by atoms with Crippen molar-refractivity contribution < 1.29 is 4.79 Å². The van der Waals surface area contributed by atoms with Crippen LogP contribution in [0.15, 0.2) is 24.3 Å². The first kappa shape index (κ1) is 14.9. The van der Waals surface area contributed by atoms with Crippen molar-refractivity contribution in [3.63, 3.8) is 0 Å². The van der Waals surface area contributed by atoms with Crippen LogP contribution in [0.25, 0.3) is 0 Å². The van der Waals surface area contributed by atoms with E-state index in [0.717, 1.165) is 19.5 Å². The van der Waals surface area contributed by atoms with Gasteiger partial charge in [0.25, 0.3) is 0 Å². The second-order valence-corrected chi connectivity index (χ2v) is 5.93. The number of Topliss-reactive ketones (excluding diaryl/α,β-unsaturated/α-hetero) is 1. The van der Waals surface area contributed by atoms with Crippen molar-refractivity contribution in [2.45, 2.75) is 52.5 Å². The molecular weight excluding hydrogens is 222 g/mol. The van der Waals surface area contributed by atoms with E-state index in [1.807, 2.05) is 0 Å². The monoisotopic (exact) mass is 247 g/mol. The van der Waals surface area contributed by atoms with Crippen LogP contribution in [0.1, 0.15) is 51.7 Å². The molecule has 0 unspecified atom stereocenters. The summed E-state index contributed by atoms with van der Waals surface area (Å²) in [6.45, 7) is 10.1. The molecule has 1 N–H and O–H groups in total. The second-order valence-electron chi connectivity index (χ2n) is 5.93. The molecule has 100 valence electrons. The van der Waals surface area contributed by atoms with Gasteiger partial charge in [0.2, 0.25) is 0 Å². The average Bonchev–Trinajstić information content (AvgIpc) is 2.27. The highest BCUT2D eigenvalue weighted by atomic mass is 16.1. The molecule has 18 heavy (non-hydrogen) atoms. The number of rotatable bonds is 6. The van der Waals surface area contributed by atoms with Crippen molar-refractivity contribution in [1.29, 1.82) is 0 Å². The minimum absolute atomic E-state index is 0.216. The van der Waals surface area contributed by atoms with Gasteiger partial charge in [0, 0.05) is 13.0 Å². The van der Waals surface area contributed by atoms with Gasteiger partial charge in [-0.2, -0.15) is 0 Å². The van der Waals surface area contributed by atoms with Crippen LogP contribution in [0.3, 0.4) is 0 Å². The van der Waals surface area contributed by atoms with Gasteiger partial charge in [0.05, 0.1) is 0 Å². The molecule has 0 spiro atoms. The molecule has 0 fully saturated rings. The van der Waals surface area contributed by atoms with E-state index in [-0.39, 0.29) is 11.2 Å². The molecule has 0 heterocycles. The normalized spacial score (nSPS) is 11.6. The first-order valence-corrected chi connectivity index (χ1v) is 6.69. The smallest absolute Gasteiger partial charge is 0.129 e. The van der Waals surface area contributed by atoms with Crippen molar-refractivity contribution in [3.8, 4) is 0 Å². The zero-order valence-electron chi connectivity index (χ0n) is 12.0. The molecular formula is C16H25NO. The van der Waals surface area contributed by atoms with Crippen LogP contribution in [-0.4, -0.2) is 12.3 Å². The highest BCUT2D eigenvalue weighted by molar-refractivity contribution is 5.75. The SMILES string of the molecule is CC(=O)CCCNCc1ccc(C(C)(C)C)cc1. The zero-order chi connectivity index (χ0) is 13.6. The lowest BCUT2D eigenvalue weighted by atomic mass is 9.87. The minimum atomic E-state index is 0.216. The molecule has 2 heteroatoms. The van der Waals surface area contributed by atoms with Crippen LogP contribution < -0.4 is 5.32 Å². The van der Waals surface area contributed by atoms with Crippen LogP contribution in [0.4, 0.5) is 0 Å². The fourth-order valence-corrected chi connectivity index (χ4v) is 1.82. The van der Waals surface area contributed by atoms with Crippen molar-refractivity contribution in [2.75, 3.05) is 6.54 Å². The number of benzene rings is 1. The number of carbonyl (C=O) groups excluding carboxylic acids is 1. The maximum Gasteiger partial charge on any atom is 0.129 e. The van der Waals surface area contributed by atoms with Gasteiger partial charge in [-0.05, 0) is 36.4 Å².